The number of nitro groups is 2. The van der Waals surface area contributed by atoms with Gasteiger partial charge in [-0.3, -0.25) is 20.2 Å². The van der Waals surface area contributed by atoms with E-state index in [1.807, 2.05) is 24.3 Å². The van der Waals surface area contributed by atoms with Gasteiger partial charge in [-0.1, -0.05) is 36.4 Å². The molecule has 0 spiro atoms. The van der Waals surface area contributed by atoms with Crippen molar-refractivity contribution in [3.8, 4) is 0 Å². The third-order valence-electron chi connectivity index (χ3n) is 11.3. The van der Waals surface area contributed by atoms with E-state index in [9.17, 15) is 72.9 Å². The van der Waals surface area contributed by atoms with Crippen LogP contribution in [0, 0.1) is 144 Å². The molecule has 0 aliphatic heterocycles. The fraction of sp³-hybridized carbons (Fsp3) is 0.0435. The van der Waals surface area contributed by atoms with Crippen molar-refractivity contribution in [1.82, 2.24) is 0 Å². The number of hydrogen-bond acceptors (Lipinski definition) is 6. The van der Waals surface area contributed by atoms with E-state index in [4.69, 9.17) is 8.83 Å². The summed E-state index contributed by atoms with van der Waals surface area (Å²) in [5.74, 6) is -70.1. The molecule has 0 saturated carbocycles. The second kappa shape index (κ2) is 21.4. The van der Waals surface area contributed by atoms with Gasteiger partial charge in [-0.25, -0.2) is 87.8 Å². The molecule has 8 rings (SSSR count). The van der Waals surface area contributed by atoms with Crippen LogP contribution in [0.5, 0.6) is 0 Å². The third-order valence-corrected chi connectivity index (χ3v) is 13.5. The summed E-state index contributed by atoms with van der Waals surface area (Å²) in [6.07, 6.45) is -6.55. The molecule has 0 N–H and O–H groups in total. The second-order valence-corrected chi connectivity index (χ2v) is 18.1. The maximum Gasteiger partial charge on any atom is 0.442 e. The molecule has 0 amide bonds. The molecule has 0 fully saturated rings. The highest BCUT2D eigenvalue weighted by Gasteiger charge is 2.52. The van der Waals surface area contributed by atoms with E-state index in [1.54, 1.807) is 36.4 Å². The zero-order chi connectivity index (χ0) is 56.2. The quantitative estimate of drug-likeness (QED) is 0.0235. The van der Waals surface area contributed by atoms with Crippen LogP contribution < -0.4 is 43.1 Å². The van der Waals surface area contributed by atoms with Gasteiger partial charge in [0.25, 0.3) is 11.4 Å². The van der Waals surface area contributed by atoms with Gasteiger partial charge >= 0.3 is 28.7 Å². The van der Waals surface area contributed by atoms with Gasteiger partial charge in [0.15, 0.2) is 69.8 Å². The van der Waals surface area contributed by atoms with E-state index in [-0.39, 0.29) is 11.4 Å². The Kier molecular flexibility index (Phi) is 15.7. The summed E-state index contributed by atoms with van der Waals surface area (Å²) in [5, 5.41) is 22.4. The first kappa shape index (κ1) is 55.8. The molecule has 0 aliphatic carbocycles. The van der Waals surface area contributed by atoms with E-state index < -0.39 is 175 Å². The zero-order valence-electron chi connectivity index (χ0n) is 36.2. The molecular weight excluding hydrogens is 1190 g/mol. The average Bonchev–Trinajstić information content (AvgIpc) is 4.04. The lowest BCUT2D eigenvalue weighted by Gasteiger charge is -2.44. The second-order valence-electron chi connectivity index (χ2n) is 15.4. The van der Waals surface area contributed by atoms with Gasteiger partial charge < -0.3 is 8.83 Å². The number of nitro benzene ring substituents is 2. The molecule has 8 nitrogen and oxygen atoms in total. The Morgan fingerprint density at radius 1 is 0.342 bits per heavy atom. The van der Waals surface area contributed by atoms with Crippen LogP contribution >= 0.6 is 0 Å². The lowest BCUT2D eigenvalue weighted by atomic mass is 9.12. The van der Waals surface area contributed by atoms with Crippen LogP contribution in [-0.4, -0.2) is 16.0 Å². The monoisotopic (exact) mass is 1210 g/mol. The van der Waals surface area contributed by atoms with Crippen LogP contribution in [0.15, 0.2) is 81.6 Å². The van der Waals surface area contributed by atoms with Crippen molar-refractivity contribution < 1.29 is 128 Å². The number of benzene rings is 6. The maximum absolute atomic E-state index is 15.4. The highest BCUT2D eigenvalue weighted by atomic mass is 127. The Labute approximate surface area is 418 Å². The molecule has 0 bridgehead atoms. The molecule has 30 heteroatoms. The number of hydrogen-bond donors (Lipinski definition) is 0. The molecular formula is C46H16BF20IN2O6. The predicted molar refractivity (Wildman–Crippen MR) is 216 cm³/mol. The summed E-state index contributed by atoms with van der Waals surface area (Å²) < 4.78 is 307. The SMILES string of the molecule is Fc1c(F)c(F)c([B-](c2c(F)c(F)c(F)c(F)c2F)(c2c(F)c(F)c(F)c(F)c2F)c2c(F)c(F)c(F)c(F)c2F)c(F)c1F.O=[N+]([O-])c1ccccc1Cc1ccc([I+]c2ccc(Cc3ccccc3[N+](=O)[O-])o2)o1. The van der Waals surface area contributed by atoms with Crippen LogP contribution in [0.3, 0.4) is 0 Å². The number of nitrogens with zero attached hydrogens (tertiary/aromatic N) is 2. The van der Waals surface area contributed by atoms with Crippen molar-refractivity contribution in [2.24, 2.45) is 0 Å². The minimum Gasteiger partial charge on any atom is -0.423 e. The third kappa shape index (κ3) is 9.45. The Hall–Kier alpha value is -7.93. The fourth-order valence-corrected chi connectivity index (χ4v) is 10.0. The van der Waals surface area contributed by atoms with Crippen molar-refractivity contribution >= 4 is 39.4 Å². The van der Waals surface area contributed by atoms with Crippen LogP contribution in [0.4, 0.5) is 99.2 Å². The Balaban J connectivity index is 0.000000236. The normalized spacial score (nSPS) is 11.5. The van der Waals surface area contributed by atoms with Crippen LogP contribution in [0.25, 0.3) is 0 Å². The molecule has 0 atom stereocenters. The Bertz CT molecular complexity index is 3210. The number of furan rings is 2. The predicted octanol–water partition coefficient (Wildman–Crippen LogP) is 7.85. The molecule has 6 aromatic carbocycles. The lowest BCUT2D eigenvalue weighted by molar-refractivity contribution is -0.636. The summed E-state index contributed by atoms with van der Waals surface area (Å²) in [4.78, 5) is 21.6. The molecule has 2 heterocycles. The fourth-order valence-electron chi connectivity index (χ4n) is 8.01. The number of para-hydroxylation sites is 2. The standard InChI is InChI=1S/C24BF20.C22H16IN2O6/c26-5-1(6(27)14(35)21(42)13(5)34)25(2-7(28)15(36)22(43)16(37)8(2)29,3-9(30)17(38)23(44)18(39)10(3)31)4-11(32)19(40)24(45)20(41)12(4)33;26-24(27)19-7-3-1-5-15(19)13-17-9-11-21(30-17)23-22-12-10-18(31-22)14-16-6-2-4-8-20(16)25(28)29/h;1-12H,13-14H2/q-1;+1. The van der Waals surface area contributed by atoms with Gasteiger partial charge in [0, 0.05) is 48.2 Å². The van der Waals surface area contributed by atoms with Gasteiger partial charge in [-0.05, 0) is 12.1 Å². The van der Waals surface area contributed by atoms with E-state index in [0.717, 1.165) is 7.53 Å². The summed E-state index contributed by atoms with van der Waals surface area (Å²) >= 11 is -0.724. The minimum absolute atomic E-state index is 0.0702. The van der Waals surface area contributed by atoms with E-state index in [2.05, 4.69) is 0 Å². The molecule has 396 valence electrons. The largest absolute Gasteiger partial charge is 0.442 e. The van der Waals surface area contributed by atoms with Crippen molar-refractivity contribution in [2.75, 3.05) is 0 Å². The van der Waals surface area contributed by atoms with Gasteiger partial charge in [-0.2, -0.15) is 0 Å². The number of rotatable bonds is 12. The molecule has 0 aliphatic rings. The Morgan fingerprint density at radius 3 is 0.803 bits per heavy atom. The van der Waals surface area contributed by atoms with Crippen molar-refractivity contribution in [3.63, 3.8) is 0 Å². The van der Waals surface area contributed by atoms with Crippen molar-refractivity contribution in [2.45, 2.75) is 12.8 Å². The smallest absolute Gasteiger partial charge is 0.423 e. The van der Waals surface area contributed by atoms with E-state index in [1.165, 1.54) is 12.1 Å². The average molecular weight is 1210 g/mol. The number of halogens is 21. The highest BCUT2D eigenvalue weighted by molar-refractivity contribution is 7.20. The van der Waals surface area contributed by atoms with E-state index in [0.29, 0.717) is 35.5 Å². The first-order valence-electron chi connectivity index (χ1n) is 20.2. The zero-order valence-corrected chi connectivity index (χ0v) is 38.4. The summed E-state index contributed by atoms with van der Waals surface area (Å²) in [6, 6.07) is 20.6. The summed E-state index contributed by atoms with van der Waals surface area (Å²) in [6.45, 7) is 0. The van der Waals surface area contributed by atoms with Gasteiger partial charge in [0.1, 0.15) is 64.2 Å². The lowest BCUT2D eigenvalue weighted by Crippen LogP contribution is -3.61. The molecule has 0 unspecified atom stereocenters. The summed E-state index contributed by atoms with van der Waals surface area (Å²) in [5.41, 5.74) is -13.0. The first-order chi connectivity index (χ1) is 35.7. The van der Waals surface area contributed by atoms with Crippen molar-refractivity contribution in [3.05, 3.63) is 240 Å². The molecule has 2 aromatic heterocycles. The van der Waals surface area contributed by atoms with Crippen LogP contribution in [0.1, 0.15) is 22.6 Å². The van der Waals surface area contributed by atoms with Gasteiger partial charge in [0.05, 0.1) is 9.85 Å². The minimum atomic E-state index is -7.22. The molecule has 76 heavy (non-hydrogen) atoms. The van der Waals surface area contributed by atoms with Gasteiger partial charge in [0.2, 0.25) is 0 Å². The Morgan fingerprint density at radius 2 is 0.566 bits per heavy atom. The van der Waals surface area contributed by atoms with E-state index >= 15 is 35.1 Å². The highest BCUT2D eigenvalue weighted by Crippen LogP contribution is 2.31. The maximum atomic E-state index is 15.4. The summed E-state index contributed by atoms with van der Waals surface area (Å²) in [7, 11) is 0. The van der Waals surface area contributed by atoms with Gasteiger partial charge in [-0.15, -0.1) is 21.9 Å². The van der Waals surface area contributed by atoms with Crippen LogP contribution in [0.2, 0.25) is 0 Å². The molecule has 0 saturated heterocycles. The molecule has 0 radical (unpaired) electrons. The molecule has 8 aromatic rings. The first-order valence-corrected chi connectivity index (χ1v) is 22.4. The topological polar surface area (TPSA) is 113 Å². The van der Waals surface area contributed by atoms with Crippen LogP contribution in [-0.2, 0) is 12.8 Å². The van der Waals surface area contributed by atoms with Crippen molar-refractivity contribution in [1.29, 1.82) is 0 Å².